The van der Waals surface area contributed by atoms with Crippen LogP contribution in [0.25, 0.3) is 0 Å². The number of nitrogens with two attached hydrogens (primary N) is 1. The zero-order valence-corrected chi connectivity index (χ0v) is 17.1. The maximum Gasteiger partial charge on any atom is 0.258 e. The number of carbonyl (C=O) groups is 3. The second-order valence-corrected chi connectivity index (χ2v) is 7.39. The van der Waals surface area contributed by atoms with Crippen LogP contribution in [0, 0.1) is 5.82 Å². The fourth-order valence-electron chi connectivity index (χ4n) is 3.51. The smallest absolute Gasteiger partial charge is 0.258 e. The van der Waals surface area contributed by atoms with Gasteiger partial charge in [-0.1, -0.05) is 24.3 Å². The van der Waals surface area contributed by atoms with Gasteiger partial charge in [0.1, 0.15) is 12.4 Å². The molecule has 1 aliphatic rings. The predicted octanol–water partition coefficient (Wildman–Crippen LogP) is 2.81. The second-order valence-electron chi connectivity index (χ2n) is 7.39. The van der Waals surface area contributed by atoms with E-state index in [4.69, 9.17) is 5.73 Å². The van der Waals surface area contributed by atoms with E-state index in [9.17, 15) is 18.8 Å². The Hall–Kier alpha value is -4.04. The number of carbonyl (C=O) groups excluding carboxylic acids is 3. The molecule has 0 saturated heterocycles. The Labute approximate surface area is 184 Å². The lowest BCUT2D eigenvalue weighted by Gasteiger charge is -2.29. The third-order valence-corrected chi connectivity index (χ3v) is 5.14. The number of benzene rings is 3. The van der Waals surface area contributed by atoms with Crippen molar-refractivity contribution in [3.63, 3.8) is 0 Å². The standard InChI is InChI=1S/C24H21FN4O3/c25-19-7-4-17(5-8-19)24(32)29-14-22(30)28-20-11-18(6-9-21(20)29)23(31)27-13-16-3-1-2-15(10-16)12-26/h1-11H,12-14,26H2,(H,27,31)(H,28,30). The van der Waals surface area contributed by atoms with Crippen LogP contribution in [0.3, 0.4) is 0 Å². The van der Waals surface area contributed by atoms with Crippen LogP contribution >= 0.6 is 0 Å². The van der Waals surface area contributed by atoms with Crippen LogP contribution in [0.1, 0.15) is 31.8 Å². The molecule has 0 saturated carbocycles. The Balaban J connectivity index is 1.53. The topological polar surface area (TPSA) is 105 Å². The van der Waals surface area contributed by atoms with Gasteiger partial charge in [-0.15, -0.1) is 0 Å². The van der Waals surface area contributed by atoms with E-state index in [2.05, 4.69) is 10.6 Å². The highest BCUT2D eigenvalue weighted by Crippen LogP contribution is 2.31. The van der Waals surface area contributed by atoms with Gasteiger partial charge in [-0.2, -0.15) is 0 Å². The summed E-state index contributed by atoms with van der Waals surface area (Å²) in [4.78, 5) is 39.0. The summed E-state index contributed by atoms with van der Waals surface area (Å²) >= 11 is 0. The fourth-order valence-corrected chi connectivity index (χ4v) is 3.51. The molecule has 1 aliphatic heterocycles. The minimum Gasteiger partial charge on any atom is -0.348 e. The Bertz CT molecular complexity index is 1190. The maximum absolute atomic E-state index is 13.2. The quantitative estimate of drug-likeness (QED) is 0.577. The number of rotatable bonds is 5. The van der Waals surface area contributed by atoms with E-state index in [0.29, 0.717) is 30.0 Å². The summed E-state index contributed by atoms with van der Waals surface area (Å²) < 4.78 is 13.2. The summed E-state index contributed by atoms with van der Waals surface area (Å²) in [5.74, 6) is -1.59. The zero-order valence-electron chi connectivity index (χ0n) is 17.1. The Morgan fingerprint density at radius 2 is 1.72 bits per heavy atom. The van der Waals surface area contributed by atoms with Crippen molar-refractivity contribution < 1.29 is 18.8 Å². The molecule has 1 heterocycles. The molecule has 0 fully saturated rings. The van der Waals surface area contributed by atoms with Crippen LogP contribution in [-0.4, -0.2) is 24.3 Å². The molecule has 162 valence electrons. The van der Waals surface area contributed by atoms with E-state index in [-0.39, 0.29) is 23.9 Å². The Morgan fingerprint density at radius 1 is 1.00 bits per heavy atom. The van der Waals surface area contributed by atoms with Crippen LogP contribution in [-0.2, 0) is 17.9 Å². The Morgan fingerprint density at radius 3 is 2.47 bits per heavy atom. The second kappa shape index (κ2) is 8.99. The number of halogens is 1. The zero-order chi connectivity index (χ0) is 22.7. The van der Waals surface area contributed by atoms with Crippen LogP contribution < -0.4 is 21.3 Å². The van der Waals surface area contributed by atoms with Gasteiger partial charge >= 0.3 is 0 Å². The van der Waals surface area contributed by atoms with E-state index in [1.165, 1.54) is 35.2 Å². The molecule has 3 aromatic rings. The Kier molecular flexibility index (Phi) is 5.96. The van der Waals surface area contributed by atoms with Crippen molar-refractivity contribution in [2.45, 2.75) is 13.1 Å². The van der Waals surface area contributed by atoms with Gasteiger partial charge in [0.05, 0.1) is 11.4 Å². The molecule has 7 nitrogen and oxygen atoms in total. The third kappa shape index (κ3) is 4.50. The molecule has 0 unspecified atom stereocenters. The monoisotopic (exact) mass is 432 g/mol. The van der Waals surface area contributed by atoms with Crippen molar-refractivity contribution in [2.24, 2.45) is 5.73 Å². The molecule has 0 spiro atoms. The van der Waals surface area contributed by atoms with Crippen molar-refractivity contribution in [1.82, 2.24) is 5.32 Å². The number of hydrogen-bond acceptors (Lipinski definition) is 4. The van der Waals surface area contributed by atoms with Gasteiger partial charge in [0.25, 0.3) is 11.8 Å². The average molecular weight is 432 g/mol. The summed E-state index contributed by atoms with van der Waals surface area (Å²) in [6.07, 6.45) is 0. The van der Waals surface area contributed by atoms with Gasteiger partial charge in [0.15, 0.2) is 0 Å². The molecule has 0 atom stereocenters. The normalized spacial score (nSPS) is 12.7. The number of amides is 3. The average Bonchev–Trinajstić information content (AvgIpc) is 2.81. The van der Waals surface area contributed by atoms with E-state index < -0.39 is 11.7 Å². The molecule has 32 heavy (non-hydrogen) atoms. The van der Waals surface area contributed by atoms with Crippen molar-refractivity contribution in [3.8, 4) is 0 Å². The van der Waals surface area contributed by atoms with Crippen LogP contribution in [0.2, 0.25) is 0 Å². The summed E-state index contributed by atoms with van der Waals surface area (Å²) in [7, 11) is 0. The van der Waals surface area contributed by atoms with Gasteiger partial charge in [-0.3, -0.25) is 19.3 Å². The molecular formula is C24H21FN4O3. The first-order valence-corrected chi connectivity index (χ1v) is 10.0. The lowest BCUT2D eigenvalue weighted by molar-refractivity contribution is -0.115. The van der Waals surface area contributed by atoms with Crippen molar-refractivity contribution in [1.29, 1.82) is 0 Å². The molecule has 3 amide bonds. The molecule has 0 radical (unpaired) electrons. The molecule has 0 aromatic heterocycles. The number of hydrogen-bond donors (Lipinski definition) is 3. The van der Waals surface area contributed by atoms with E-state index >= 15 is 0 Å². The number of nitrogens with one attached hydrogen (secondary N) is 2. The lowest BCUT2D eigenvalue weighted by atomic mass is 10.1. The third-order valence-electron chi connectivity index (χ3n) is 5.14. The first kappa shape index (κ1) is 21.2. The van der Waals surface area contributed by atoms with Crippen molar-refractivity contribution >= 4 is 29.1 Å². The maximum atomic E-state index is 13.2. The number of anilines is 2. The largest absolute Gasteiger partial charge is 0.348 e. The van der Waals surface area contributed by atoms with Crippen molar-refractivity contribution in [3.05, 3.63) is 94.8 Å². The molecule has 3 aromatic carbocycles. The first-order chi connectivity index (χ1) is 15.4. The summed E-state index contributed by atoms with van der Waals surface area (Å²) in [5, 5.41) is 5.54. The van der Waals surface area contributed by atoms with Gasteiger partial charge < -0.3 is 16.4 Å². The first-order valence-electron chi connectivity index (χ1n) is 10.0. The molecule has 8 heteroatoms. The fraction of sp³-hybridized carbons (Fsp3) is 0.125. The van der Waals surface area contributed by atoms with Gasteiger partial charge in [-0.25, -0.2) is 4.39 Å². The minimum absolute atomic E-state index is 0.174. The SMILES string of the molecule is NCc1cccc(CNC(=O)c2ccc3c(c2)NC(=O)CN3C(=O)c2ccc(F)cc2)c1. The van der Waals surface area contributed by atoms with Crippen LogP contribution in [0.15, 0.2) is 66.7 Å². The van der Waals surface area contributed by atoms with Gasteiger partial charge in [0, 0.05) is 24.2 Å². The molecule has 4 N–H and O–H groups in total. The lowest BCUT2D eigenvalue weighted by Crippen LogP contribution is -2.42. The van der Waals surface area contributed by atoms with Gasteiger partial charge in [-0.05, 0) is 53.6 Å². The summed E-state index contributed by atoms with van der Waals surface area (Å²) in [5.41, 5.74) is 8.96. The molecule has 0 bridgehead atoms. The van der Waals surface area contributed by atoms with Crippen LogP contribution in [0.5, 0.6) is 0 Å². The number of nitrogens with zero attached hydrogens (tertiary/aromatic N) is 1. The molecule has 0 aliphatic carbocycles. The highest BCUT2D eigenvalue weighted by Gasteiger charge is 2.28. The van der Waals surface area contributed by atoms with E-state index in [1.54, 1.807) is 12.1 Å². The summed E-state index contributed by atoms with van der Waals surface area (Å²) in [6, 6.07) is 17.5. The number of fused-ring (bicyclic) bond motifs is 1. The highest BCUT2D eigenvalue weighted by atomic mass is 19.1. The minimum atomic E-state index is -0.455. The van der Waals surface area contributed by atoms with Crippen LogP contribution in [0.4, 0.5) is 15.8 Å². The van der Waals surface area contributed by atoms with E-state index in [1.807, 2.05) is 24.3 Å². The highest BCUT2D eigenvalue weighted by molar-refractivity contribution is 6.15. The summed E-state index contributed by atoms with van der Waals surface area (Å²) in [6.45, 7) is 0.566. The molecular weight excluding hydrogens is 411 g/mol. The van der Waals surface area contributed by atoms with Gasteiger partial charge in [0.2, 0.25) is 5.91 Å². The molecule has 4 rings (SSSR count). The predicted molar refractivity (Wildman–Crippen MR) is 119 cm³/mol. The van der Waals surface area contributed by atoms with Crippen molar-refractivity contribution in [2.75, 3.05) is 16.8 Å². The van der Waals surface area contributed by atoms with E-state index in [0.717, 1.165) is 11.1 Å².